The number of hydrogen-bond acceptors (Lipinski definition) is 5. The second kappa shape index (κ2) is 11.3. The Morgan fingerprint density at radius 2 is 1.58 bits per heavy atom. The molecule has 1 heterocycles. The molecule has 6 heteroatoms. The predicted octanol–water partition coefficient (Wildman–Crippen LogP) is 6.26. The third kappa shape index (κ3) is 5.55. The molecule has 0 aromatic heterocycles. The molecule has 6 nitrogen and oxygen atoms in total. The molecule has 2 N–H and O–H groups in total. The lowest BCUT2D eigenvalue weighted by molar-refractivity contribution is -0.110. The molecule has 36 heavy (non-hydrogen) atoms. The summed E-state index contributed by atoms with van der Waals surface area (Å²) in [6, 6.07) is 22.5. The van der Waals surface area contributed by atoms with Gasteiger partial charge in [0, 0.05) is 29.9 Å². The molecule has 0 fully saturated rings. The Kier molecular flexibility index (Phi) is 7.96. The van der Waals surface area contributed by atoms with Crippen LogP contribution in [0.3, 0.4) is 0 Å². The van der Waals surface area contributed by atoms with Crippen LogP contribution in [0.15, 0.2) is 66.7 Å². The fraction of sp³-hybridized carbons (Fsp3) is 0.300. The number of rotatable bonds is 10. The van der Waals surface area contributed by atoms with Crippen molar-refractivity contribution in [3.63, 3.8) is 0 Å². The molecular weight excluding hydrogens is 450 g/mol. The van der Waals surface area contributed by atoms with E-state index in [4.69, 9.17) is 9.47 Å². The van der Waals surface area contributed by atoms with Crippen LogP contribution < -0.4 is 20.1 Å². The number of nitrogens with zero attached hydrogens (tertiary/aromatic N) is 1. The van der Waals surface area contributed by atoms with E-state index >= 15 is 0 Å². The zero-order valence-electron chi connectivity index (χ0n) is 21.7. The van der Waals surface area contributed by atoms with Crippen molar-refractivity contribution in [2.45, 2.75) is 40.3 Å². The first-order valence-corrected chi connectivity index (χ1v) is 12.5. The van der Waals surface area contributed by atoms with Gasteiger partial charge in [0.15, 0.2) is 11.5 Å². The summed E-state index contributed by atoms with van der Waals surface area (Å²) in [5.74, 6) is 1.08. The maximum atomic E-state index is 13.3. The molecule has 4 rings (SSSR count). The van der Waals surface area contributed by atoms with Crippen molar-refractivity contribution >= 4 is 28.6 Å². The highest BCUT2D eigenvalue weighted by atomic mass is 16.5. The first-order chi connectivity index (χ1) is 17.4. The van der Waals surface area contributed by atoms with Crippen molar-refractivity contribution in [1.82, 2.24) is 4.90 Å². The minimum absolute atomic E-state index is 0.164. The minimum Gasteiger partial charge on any atom is -0.490 e. The van der Waals surface area contributed by atoms with E-state index in [1.165, 1.54) is 5.56 Å². The lowest BCUT2D eigenvalue weighted by Crippen LogP contribution is -2.25. The summed E-state index contributed by atoms with van der Waals surface area (Å²) in [6.45, 7) is 10.1. The van der Waals surface area contributed by atoms with E-state index in [2.05, 4.69) is 60.7 Å². The summed E-state index contributed by atoms with van der Waals surface area (Å²) in [4.78, 5) is 15.6. The Morgan fingerprint density at radius 1 is 0.944 bits per heavy atom. The number of carbonyl (C=O) groups is 1. The van der Waals surface area contributed by atoms with E-state index < -0.39 is 0 Å². The molecule has 0 unspecified atom stereocenters. The summed E-state index contributed by atoms with van der Waals surface area (Å²) in [5, 5.41) is 6.55. The number of anilines is 2. The highest BCUT2D eigenvalue weighted by Crippen LogP contribution is 2.43. The standard InChI is InChI=1S/C30H35N3O3/c1-6-35-26-17-24-25(18-27(26)36-7-2)32-30(34)28(24)29(22-11-9-8-10-12-22)31-23-15-13-21(14-16-23)19-33(5)20(3)4/h8-18,20,31H,6-7,19H2,1-5H3,(H,32,34). The Labute approximate surface area is 213 Å². The molecule has 188 valence electrons. The number of amides is 1. The second-order valence-corrected chi connectivity index (χ2v) is 9.11. The van der Waals surface area contributed by atoms with Crippen LogP contribution in [0.5, 0.6) is 11.5 Å². The van der Waals surface area contributed by atoms with E-state index in [1.807, 2.05) is 56.3 Å². The van der Waals surface area contributed by atoms with Crippen LogP contribution in [0.4, 0.5) is 11.4 Å². The number of benzene rings is 3. The zero-order chi connectivity index (χ0) is 25.7. The molecule has 0 radical (unpaired) electrons. The van der Waals surface area contributed by atoms with Gasteiger partial charge in [0.05, 0.1) is 30.2 Å². The van der Waals surface area contributed by atoms with Crippen LogP contribution in [-0.2, 0) is 11.3 Å². The highest BCUT2D eigenvalue weighted by Gasteiger charge is 2.30. The Balaban J connectivity index is 1.77. The molecular formula is C30H35N3O3. The van der Waals surface area contributed by atoms with E-state index in [9.17, 15) is 4.79 Å². The van der Waals surface area contributed by atoms with Gasteiger partial charge in [-0.2, -0.15) is 0 Å². The first kappa shape index (κ1) is 25.3. The molecule has 0 atom stereocenters. The Morgan fingerprint density at radius 3 is 2.19 bits per heavy atom. The average molecular weight is 486 g/mol. The number of carbonyl (C=O) groups excluding carboxylic acids is 1. The molecule has 3 aromatic rings. The monoisotopic (exact) mass is 485 g/mol. The summed E-state index contributed by atoms with van der Waals surface area (Å²) >= 11 is 0. The molecule has 0 aliphatic carbocycles. The Hall–Kier alpha value is -3.77. The van der Waals surface area contributed by atoms with Crippen molar-refractivity contribution in [3.05, 3.63) is 83.4 Å². The zero-order valence-corrected chi connectivity index (χ0v) is 21.7. The number of fused-ring (bicyclic) bond motifs is 1. The molecule has 0 saturated carbocycles. The van der Waals surface area contributed by atoms with Gasteiger partial charge in [-0.25, -0.2) is 0 Å². The Bertz CT molecular complexity index is 1230. The van der Waals surface area contributed by atoms with Crippen molar-refractivity contribution in [2.24, 2.45) is 0 Å². The average Bonchev–Trinajstić information content (AvgIpc) is 3.18. The van der Waals surface area contributed by atoms with Gasteiger partial charge in [0.2, 0.25) is 0 Å². The summed E-state index contributed by atoms with van der Waals surface area (Å²) in [6.07, 6.45) is 0. The second-order valence-electron chi connectivity index (χ2n) is 9.11. The van der Waals surface area contributed by atoms with Gasteiger partial charge < -0.3 is 20.1 Å². The molecule has 0 bridgehead atoms. The van der Waals surface area contributed by atoms with E-state index in [1.54, 1.807) is 0 Å². The number of hydrogen-bond donors (Lipinski definition) is 2. The maximum Gasteiger partial charge on any atom is 0.258 e. The largest absolute Gasteiger partial charge is 0.490 e. The van der Waals surface area contributed by atoms with E-state index in [-0.39, 0.29) is 5.91 Å². The normalized spacial score (nSPS) is 14.0. The number of ether oxygens (including phenoxy) is 2. The molecule has 1 amide bonds. The van der Waals surface area contributed by atoms with Gasteiger partial charge in [-0.3, -0.25) is 9.69 Å². The van der Waals surface area contributed by atoms with Gasteiger partial charge in [-0.15, -0.1) is 0 Å². The van der Waals surface area contributed by atoms with Crippen LogP contribution in [0, 0.1) is 0 Å². The summed E-state index contributed by atoms with van der Waals surface area (Å²) in [5.41, 5.74) is 5.88. The molecule has 3 aromatic carbocycles. The number of nitrogens with one attached hydrogen (secondary N) is 2. The summed E-state index contributed by atoms with van der Waals surface area (Å²) in [7, 11) is 2.12. The quantitative estimate of drug-likeness (QED) is 0.332. The maximum absolute atomic E-state index is 13.3. The van der Waals surface area contributed by atoms with Crippen LogP contribution >= 0.6 is 0 Å². The topological polar surface area (TPSA) is 62.8 Å². The lowest BCUT2D eigenvalue weighted by atomic mass is 9.99. The van der Waals surface area contributed by atoms with Crippen LogP contribution in [0.1, 0.15) is 44.4 Å². The molecule has 0 spiro atoms. The smallest absolute Gasteiger partial charge is 0.258 e. The fourth-order valence-electron chi connectivity index (χ4n) is 4.15. The first-order valence-electron chi connectivity index (χ1n) is 12.5. The van der Waals surface area contributed by atoms with Gasteiger partial charge in [-0.05, 0) is 64.1 Å². The highest BCUT2D eigenvalue weighted by molar-refractivity contribution is 6.37. The van der Waals surface area contributed by atoms with Gasteiger partial charge >= 0.3 is 0 Å². The van der Waals surface area contributed by atoms with Gasteiger partial charge in [0.1, 0.15) is 0 Å². The fourth-order valence-corrected chi connectivity index (χ4v) is 4.15. The van der Waals surface area contributed by atoms with Crippen molar-refractivity contribution in [2.75, 3.05) is 30.9 Å². The van der Waals surface area contributed by atoms with Crippen LogP contribution in [0.2, 0.25) is 0 Å². The molecule has 1 aliphatic heterocycles. The third-order valence-corrected chi connectivity index (χ3v) is 6.28. The predicted molar refractivity (Wildman–Crippen MR) is 147 cm³/mol. The summed E-state index contributed by atoms with van der Waals surface area (Å²) < 4.78 is 11.6. The third-order valence-electron chi connectivity index (χ3n) is 6.28. The lowest BCUT2D eigenvalue weighted by Gasteiger charge is -2.21. The van der Waals surface area contributed by atoms with Crippen molar-refractivity contribution < 1.29 is 14.3 Å². The van der Waals surface area contributed by atoms with Crippen molar-refractivity contribution in [3.8, 4) is 11.5 Å². The molecule has 1 aliphatic rings. The van der Waals surface area contributed by atoms with E-state index in [0.29, 0.717) is 42.0 Å². The minimum atomic E-state index is -0.164. The van der Waals surface area contributed by atoms with Crippen LogP contribution in [-0.4, -0.2) is 37.1 Å². The van der Waals surface area contributed by atoms with Gasteiger partial charge in [-0.1, -0.05) is 42.5 Å². The van der Waals surface area contributed by atoms with E-state index in [0.717, 1.165) is 29.1 Å². The van der Waals surface area contributed by atoms with Gasteiger partial charge in [0.25, 0.3) is 5.91 Å². The SMILES string of the molecule is CCOc1cc2c(cc1OCC)C(=C(Nc1ccc(CN(C)C(C)C)cc1)c1ccccc1)C(=O)N2. The van der Waals surface area contributed by atoms with Crippen LogP contribution in [0.25, 0.3) is 11.3 Å². The van der Waals surface area contributed by atoms with Crippen molar-refractivity contribution in [1.29, 1.82) is 0 Å². The molecule has 0 saturated heterocycles.